The highest BCUT2D eigenvalue weighted by Crippen LogP contribution is 2.36. The van der Waals surface area contributed by atoms with Crippen LogP contribution >= 0.6 is 23.2 Å². The van der Waals surface area contributed by atoms with E-state index >= 15 is 0 Å². The third kappa shape index (κ3) is 2.10. The van der Waals surface area contributed by atoms with E-state index in [0.717, 1.165) is 24.4 Å². The number of aromatic nitrogens is 1. The Labute approximate surface area is 111 Å². The smallest absolute Gasteiger partial charge is 0.147 e. The zero-order chi connectivity index (χ0) is 11.8. The molecule has 1 saturated heterocycles. The molecule has 0 bridgehead atoms. The van der Waals surface area contributed by atoms with Crippen molar-refractivity contribution in [3.63, 3.8) is 0 Å². The number of rotatable bonds is 1. The van der Waals surface area contributed by atoms with E-state index in [1.165, 1.54) is 18.4 Å². The van der Waals surface area contributed by atoms with Crippen molar-refractivity contribution in [3.8, 4) is 0 Å². The van der Waals surface area contributed by atoms with Crippen LogP contribution in [0.3, 0.4) is 0 Å². The maximum absolute atomic E-state index is 6.03. The molecule has 2 heterocycles. The van der Waals surface area contributed by atoms with E-state index in [9.17, 15) is 0 Å². The molecule has 1 aromatic rings. The summed E-state index contributed by atoms with van der Waals surface area (Å²) in [6.45, 7) is 1.11. The molecule has 1 N–H and O–H groups in total. The van der Waals surface area contributed by atoms with E-state index in [2.05, 4.69) is 16.4 Å². The Hall–Kier alpha value is -0.570. The molecule has 0 saturated carbocycles. The maximum atomic E-state index is 6.03. The predicted octanol–water partition coefficient (Wildman–Crippen LogP) is 3.54. The Bertz CT molecular complexity index is 470. The molecule has 90 valence electrons. The number of pyridine rings is 1. The number of hydrogen-bond donors (Lipinski definition) is 1. The normalized spacial score (nSPS) is 27.8. The largest absolute Gasteiger partial charge is 0.310 e. The van der Waals surface area contributed by atoms with Crippen molar-refractivity contribution in [1.82, 2.24) is 10.3 Å². The van der Waals surface area contributed by atoms with Crippen LogP contribution in [0.4, 0.5) is 0 Å². The lowest BCUT2D eigenvalue weighted by atomic mass is 9.82. The molecule has 0 aromatic carbocycles. The molecule has 0 amide bonds. The first-order chi connectivity index (χ1) is 8.25. The van der Waals surface area contributed by atoms with Gasteiger partial charge in [-0.1, -0.05) is 29.3 Å². The second kappa shape index (κ2) is 4.60. The Balaban J connectivity index is 1.97. The van der Waals surface area contributed by atoms with E-state index in [4.69, 9.17) is 23.2 Å². The topological polar surface area (TPSA) is 24.9 Å². The van der Waals surface area contributed by atoms with Gasteiger partial charge < -0.3 is 5.32 Å². The van der Waals surface area contributed by atoms with Gasteiger partial charge >= 0.3 is 0 Å². The third-order valence-electron chi connectivity index (χ3n) is 3.72. The second-order valence-electron chi connectivity index (χ2n) is 4.71. The number of nitrogens with one attached hydrogen (secondary N) is 1. The highest BCUT2D eigenvalue weighted by atomic mass is 35.5. The minimum atomic E-state index is 0.378. The maximum Gasteiger partial charge on any atom is 0.147 e. The van der Waals surface area contributed by atoms with Crippen LogP contribution in [-0.2, 0) is 0 Å². The summed E-state index contributed by atoms with van der Waals surface area (Å²) in [5.41, 5.74) is 2.44. The fourth-order valence-corrected chi connectivity index (χ4v) is 3.16. The average Bonchev–Trinajstić information content (AvgIpc) is 2.80. The van der Waals surface area contributed by atoms with Crippen LogP contribution in [0.1, 0.15) is 24.8 Å². The van der Waals surface area contributed by atoms with Gasteiger partial charge in [0.25, 0.3) is 0 Å². The van der Waals surface area contributed by atoms with E-state index in [1.54, 1.807) is 0 Å². The van der Waals surface area contributed by atoms with E-state index in [1.807, 2.05) is 12.3 Å². The average molecular weight is 269 g/mol. The van der Waals surface area contributed by atoms with E-state index in [-0.39, 0.29) is 0 Å². The summed E-state index contributed by atoms with van der Waals surface area (Å²) in [5, 5.41) is 4.48. The predicted molar refractivity (Wildman–Crippen MR) is 71.4 cm³/mol. The molecular formula is C13H14Cl2N2. The molecule has 1 fully saturated rings. The number of allylic oxidation sites excluding steroid dienone is 1. The van der Waals surface area contributed by atoms with Crippen LogP contribution in [-0.4, -0.2) is 17.6 Å². The molecule has 2 atom stereocenters. The monoisotopic (exact) mass is 268 g/mol. The van der Waals surface area contributed by atoms with Crippen LogP contribution < -0.4 is 5.32 Å². The fourth-order valence-electron chi connectivity index (χ4n) is 2.89. The van der Waals surface area contributed by atoms with E-state index < -0.39 is 0 Å². The molecule has 4 heteroatoms. The summed E-state index contributed by atoms with van der Waals surface area (Å²) in [4.78, 5) is 4.13. The summed E-state index contributed by atoms with van der Waals surface area (Å²) in [6.07, 6.45) is 7.84. The lowest BCUT2D eigenvalue weighted by Gasteiger charge is -2.27. The van der Waals surface area contributed by atoms with Gasteiger partial charge in [-0.3, -0.25) is 0 Å². The van der Waals surface area contributed by atoms with Gasteiger partial charge in [-0.15, -0.1) is 0 Å². The van der Waals surface area contributed by atoms with Crippen molar-refractivity contribution in [2.45, 2.75) is 25.3 Å². The summed E-state index contributed by atoms with van der Waals surface area (Å²) >= 11 is 11.9. The first-order valence-corrected chi connectivity index (χ1v) is 6.76. The molecular weight excluding hydrogens is 255 g/mol. The van der Waals surface area contributed by atoms with Gasteiger partial charge in [0.15, 0.2) is 0 Å². The zero-order valence-electron chi connectivity index (χ0n) is 9.42. The summed E-state index contributed by atoms with van der Waals surface area (Å²) < 4.78 is 0. The molecule has 0 radical (unpaired) electrons. The molecule has 1 aliphatic heterocycles. The quantitative estimate of drug-likeness (QED) is 0.789. The van der Waals surface area contributed by atoms with Crippen LogP contribution in [0.25, 0.3) is 5.57 Å². The lowest BCUT2D eigenvalue weighted by molar-refractivity contribution is 0.470. The molecule has 3 rings (SSSR count). The van der Waals surface area contributed by atoms with Gasteiger partial charge in [0.1, 0.15) is 5.15 Å². The lowest BCUT2D eigenvalue weighted by Crippen LogP contribution is -2.30. The molecule has 2 aliphatic rings. The number of fused-ring (bicyclic) bond motifs is 1. The fraction of sp³-hybridized carbons (Fsp3) is 0.462. The first kappa shape index (κ1) is 11.5. The highest BCUT2D eigenvalue weighted by Gasteiger charge is 2.32. The van der Waals surface area contributed by atoms with Crippen LogP contribution in [0.15, 0.2) is 18.3 Å². The van der Waals surface area contributed by atoms with Crippen LogP contribution in [0.2, 0.25) is 10.2 Å². The van der Waals surface area contributed by atoms with Crippen molar-refractivity contribution in [3.05, 3.63) is 34.1 Å². The number of hydrogen-bond acceptors (Lipinski definition) is 2. The molecule has 17 heavy (non-hydrogen) atoms. The minimum absolute atomic E-state index is 0.378. The van der Waals surface area contributed by atoms with Crippen LogP contribution in [0.5, 0.6) is 0 Å². The summed E-state index contributed by atoms with van der Waals surface area (Å²) in [7, 11) is 0. The van der Waals surface area contributed by atoms with Crippen molar-refractivity contribution >= 4 is 28.8 Å². The number of halogens is 2. The minimum Gasteiger partial charge on any atom is -0.310 e. The van der Waals surface area contributed by atoms with Gasteiger partial charge in [-0.05, 0) is 48.9 Å². The van der Waals surface area contributed by atoms with Gasteiger partial charge in [0, 0.05) is 12.2 Å². The molecule has 0 unspecified atom stereocenters. The first-order valence-electron chi connectivity index (χ1n) is 6.00. The Kier molecular flexibility index (Phi) is 3.12. The van der Waals surface area contributed by atoms with Crippen molar-refractivity contribution < 1.29 is 0 Å². The molecule has 0 spiro atoms. The van der Waals surface area contributed by atoms with Crippen molar-refractivity contribution in [2.24, 2.45) is 5.92 Å². The zero-order valence-corrected chi connectivity index (χ0v) is 10.9. The van der Waals surface area contributed by atoms with Crippen molar-refractivity contribution in [1.29, 1.82) is 0 Å². The Morgan fingerprint density at radius 1 is 1.29 bits per heavy atom. The van der Waals surface area contributed by atoms with Gasteiger partial charge in [-0.25, -0.2) is 4.98 Å². The second-order valence-corrected chi connectivity index (χ2v) is 5.48. The summed E-state index contributed by atoms with van der Waals surface area (Å²) in [5.74, 6) is 0.768. The third-order valence-corrected chi connectivity index (χ3v) is 4.40. The molecule has 1 aromatic heterocycles. The van der Waals surface area contributed by atoms with Crippen LogP contribution in [0, 0.1) is 5.92 Å². The molecule has 2 nitrogen and oxygen atoms in total. The Morgan fingerprint density at radius 2 is 2.18 bits per heavy atom. The SMILES string of the molecule is Clc1cc(C2=CCC[C@@H]3CCN[C@H]23)cnc1Cl. The van der Waals surface area contributed by atoms with Gasteiger partial charge in [-0.2, -0.15) is 0 Å². The highest BCUT2D eigenvalue weighted by molar-refractivity contribution is 6.41. The standard InChI is InChI=1S/C13H14Cl2N2/c14-11-6-9(7-17-13(11)15)10-3-1-2-8-4-5-16-12(8)10/h3,6-8,12,16H,1-2,4-5H2/t8-,12+/m1/s1. The number of nitrogens with zero attached hydrogens (tertiary/aromatic N) is 1. The van der Waals surface area contributed by atoms with E-state index in [0.29, 0.717) is 16.2 Å². The Morgan fingerprint density at radius 3 is 3.00 bits per heavy atom. The summed E-state index contributed by atoms with van der Waals surface area (Å²) in [6, 6.07) is 2.40. The molecule has 1 aliphatic carbocycles. The van der Waals surface area contributed by atoms with Gasteiger partial charge in [0.05, 0.1) is 5.02 Å². The van der Waals surface area contributed by atoms with Gasteiger partial charge in [0.2, 0.25) is 0 Å². The van der Waals surface area contributed by atoms with Crippen molar-refractivity contribution in [2.75, 3.05) is 6.54 Å².